The van der Waals surface area contributed by atoms with Crippen LogP contribution in [0.2, 0.25) is 0 Å². The number of hydrogen-bond acceptors (Lipinski definition) is 4. The number of likely N-dealkylation sites (N-methyl/N-ethyl adjacent to an activating group) is 1. The molecule has 0 unspecified atom stereocenters. The smallest absolute Gasteiger partial charge is 0.258 e. The van der Waals surface area contributed by atoms with Crippen LogP contribution in [0.4, 0.5) is 11.4 Å². The molecule has 4 rings (SSSR count). The molecule has 1 aliphatic heterocycles. The Morgan fingerprint density at radius 1 is 0.968 bits per heavy atom. The van der Waals surface area contributed by atoms with Crippen molar-refractivity contribution >= 4 is 61.3 Å². The Labute approximate surface area is 196 Å². The van der Waals surface area contributed by atoms with Crippen LogP contribution in [0.3, 0.4) is 0 Å². The van der Waals surface area contributed by atoms with Crippen LogP contribution in [-0.4, -0.2) is 48.6 Å². The van der Waals surface area contributed by atoms with Crippen LogP contribution in [0.25, 0.3) is 10.8 Å². The second kappa shape index (κ2) is 9.77. The highest BCUT2D eigenvalue weighted by molar-refractivity contribution is 9.10. The van der Waals surface area contributed by atoms with Gasteiger partial charge in [0.25, 0.3) is 5.91 Å². The second-order valence-corrected chi connectivity index (χ2v) is 8.78. The third-order valence-electron chi connectivity index (χ3n) is 5.65. The van der Waals surface area contributed by atoms with E-state index in [4.69, 9.17) is 12.2 Å². The van der Waals surface area contributed by atoms with Gasteiger partial charge in [-0.25, -0.2) is 0 Å². The fraction of sp³-hybridized carbons (Fsp3) is 0.250. The molecule has 0 aliphatic carbocycles. The molecular formula is C24H25BrN4OS. The fourth-order valence-corrected chi connectivity index (χ4v) is 4.59. The molecule has 1 heterocycles. The molecule has 1 amide bonds. The van der Waals surface area contributed by atoms with Crippen LogP contribution in [0.5, 0.6) is 0 Å². The quantitative estimate of drug-likeness (QED) is 0.504. The predicted molar refractivity (Wildman–Crippen MR) is 136 cm³/mol. The summed E-state index contributed by atoms with van der Waals surface area (Å²) in [6.07, 6.45) is 0. The number of carbonyl (C=O) groups is 1. The number of piperazine rings is 1. The summed E-state index contributed by atoms with van der Waals surface area (Å²) in [5.41, 5.74) is 2.64. The average Bonchev–Trinajstić information content (AvgIpc) is 2.79. The Morgan fingerprint density at radius 2 is 1.65 bits per heavy atom. The highest BCUT2D eigenvalue weighted by atomic mass is 79.9. The summed E-state index contributed by atoms with van der Waals surface area (Å²) in [5.74, 6) is -0.230. The van der Waals surface area contributed by atoms with Gasteiger partial charge in [0.1, 0.15) is 0 Å². The number of thiocarbonyl (C=S) groups is 1. The molecule has 160 valence electrons. The first-order chi connectivity index (χ1) is 15.0. The monoisotopic (exact) mass is 496 g/mol. The molecule has 0 aromatic heterocycles. The number of anilines is 2. The van der Waals surface area contributed by atoms with E-state index in [9.17, 15) is 4.79 Å². The average molecular weight is 497 g/mol. The number of carbonyl (C=O) groups excluding carboxylic acids is 1. The van der Waals surface area contributed by atoms with Gasteiger partial charge >= 0.3 is 0 Å². The molecule has 31 heavy (non-hydrogen) atoms. The first-order valence-corrected chi connectivity index (χ1v) is 11.6. The number of rotatable bonds is 4. The van der Waals surface area contributed by atoms with Gasteiger partial charge in [-0.05, 0) is 65.9 Å². The van der Waals surface area contributed by atoms with Gasteiger partial charge in [-0.2, -0.15) is 0 Å². The number of nitrogens with one attached hydrogen (secondary N) is 2. The van der Waals surface area contributed by atoms with Gasteiger partial charge < -0.3 is 15.1 Å². The maximum absolute atomic E-state index is 12.8. The highest BCUT2D eigenvalue weighted by Crippen LogP contribution is 2.26. The van der Waals surface area contributed by atoms with E-state index in [1.807, 2.05) is 42.5 Å². The van der Waals surface area contributed by atoms with Crippen LogP contribution in [0.15, 0.2) is 65.1 Å². The summed E-state index contributed by atoms with van der Waals surface area (Å²) in [5, 5.41) is 8.06. The minimum Gasteiger partial charge on any atom is -0.369 e. The lowest BCUT2D eigenvalue weighted by Crippen LogP contribution is -2.46. The minimum absolute atomic E-state index is 0.230. The van der Waals surface area contributed by atoms with Gasteiger partial charge in [0, 0.05) is 47.6 Å². The summed E-state index contributed by atoms with van der Waals surface area (Å²) in [7, 11) is 0. The lowest BCUT2D eigenvalue weighted by atomic mass is 10.0. The molecule has 0 atom stereocenters. The SMILES string of the molecule is CCN1CCN(c2ccc(NC(=S)NC(=O)c3cccc4c(Br)cccc34)cc2)CC1. The highest BCUT2D eigenvalue weighted by Gasteiger charge is 2.16. The van der Waals surface area contributed by atoms with Gasteiger partial charge in [0.2, 0.25) is 0 Å². The standard InChI is InChI=1S/C24H25BrN4OS/c1-2-28-13-15-29(16-14-28)18-11-9-17(10-12-18)26-24(31)27-23(30)21-7-3-6-20-19(21)5-4-8-22(20)25/h3-12H,2,13-16H2,1H3,(H2,26,27,30,31). The minimum atomic E-state index is -0.230. The largest absolute Gasteiger partial charge is 0.369 e. The maximum Gasteiger partial charge on any atom is 0.258 e. The van der Waals surface area contributed by atoms with Gasteiger partial charge in [-0.1, -0.05) is 47.1 Å². The van der Waals surface area contributed by atoms with Crippen molar-refractivity contribution in [3.63, 3.8) is 0 Å². The number of fused-ring (bicyclic) bond motifs is 1. The molecule has 1 aliphatic rings. The van der Waals surface area contributed by atoms with E-state index in [0.29, 0.717) is 5.56 Å². The molecule has 7 heteroatoms. The topological polar surface area (TPSA) is 47.6 Å². The summed E-state index contributed by atoms with van der Waals surface area (Å²) < 4.78 is 0.955. The summed E-state index contributed by atoms with van der Waals surface area (Å²) in [6, 6.07) is 19.7. The molecule has 0 bridgehead atoms. The Balaban J connectivity index is 1.38. The maximum atomic E-state index is 12.8. The van der Waals surface area contributed by atoms with E-state index < -0.39 is 0 Å². The van der Waals surface area contributed by atoms with E-state index >= 15 is 0 Å². The van der Waals surface area contributed by atoms with E-state index in [-0.39, 0.29) is 11.0 Å². The normalized spacial score (nSPS) is 14.5. The van der Waals surface area contributed by atoms with Crippen molar-refractivity contribution in [2.45, 2.75) is 6.92 Å². The molecule has 1 fully saturated rings. The lowest BCUT2D eigenvalue weighted by molar-refractivity contribution is 0.0979. The number of hydrogen-bond donors (Lipinski definition) is 2. The van der Waals surface area contributed by atoms with Crippen LogP contribution in [0.1, 0.15) is 17.3 Å². The Bertz CT molecular complexity index is 1090. The van der Waals surface area contributed by atoms with Crippen molar-refractivity contribution in [3.05, 3.63) is 70.7 Å². The zero-order valence-corrected chi connectivity index (χ0v) is 19.8. The third-order valence-corrected chi connectivity index (χ3v) is 6.55. The van der Waals surface area contributed by atoms with Gasteiger partial charge in [-0.3, -0.25) is 10.1 Å². The summed E-state index contributed by atoms with van der Waals surface area (Å²) >= 11 is 8.92. The molecule has 0 radical (unpaired) electrons. The van der Waals surface area contributed by atoms with Crippen molar-refractivity contribution in [2.75, 3.05) is 42.9 Å². The molecule has 1 saturated heterocycles. The van der Waals surface area contributed by atoms with Crippen molar-refractivity contribution < 1.29 is 4.79 Å². The Kier molecular flexibility index (Phi) is 6.85. The fourth-order valence-electron chi connectivity index (χ4n) is 3.88. The number of benzene rings is 3. The molecule has 3 aromatic carbocycles. The van der Waals surface area contributed by atoms with Crippen LogP contribution in [0, 0.1) is 0 Å². The van der Waals surface area contributed by atoms with E-state index in [0.717, 1.165) is 53.7 Å². The zero-order chi connectivity index (χ0) is 21.8. The van der Waals surface area contributed by atoms with E-state index in [1.54, 1.807) is 6.07 Å². The predicted octanol–water partition coefficient (Wildman–Crippen LogP) is 4.87. The molecular weight excluding hydrogens is 472 g/mol. The Morgan fingerprint density at radius 3 is 2.35 bits per heavy atom. The summed E-state index contributed by atoms with van der Waals surface area (Å²) in [6.45, 7) is 7.58. The number of halogens is 1. The van der Waals surface area contributed by atoms with E-state index in [2.05, 4.69) is 55.4 Å². The van der Waals surface area contributed by atoms with Crippen molar-refractivity contribution in [1.82, 2.24) is 10.2 Å². The summed E-state index contributed by atoms with van der Waals surface area (Å²) in [4.78, 5) is 17.7. The van der Waals surface area contributed by atoms with E-state index in [1.165, 1.54) is 5.69 Å². The van der Waals surface area contributed by atoms with Gasteiger partial charge in [0.05, 0.1) is 0 Å². The van der Waals surface area contributed by atoms with Crippen molar-refractivity contribution in [2.24, 2.45) is 0 Å². The van der Waals surface area contributed by atoms with Gasteiger partial charge in [0.15, 0.2) is 5.11 Å². The molecule has 0 saturated carbocycles. The molecule has 3 aromatic rings. The zero-order valence-electron chi connectivity index (χ0n) is 17.4. The molecule has 5 nitrogen and oxygen atoms in total. The lowest BCUT2D eigenvalue weighted by Gasteiger charge is -2.35. The Hall–Kier alpha value is -2.48. The van der Waals surface area contributed by atoms with Crippen LogP contribution >= 0.6 is 28.1 Å². The van der Waals surface area contributed by atoms with Gasteiger partial charge in [-0.15, -0.1) is 0 Å². The van der Waals surface area contributed by atoms with Crippen LogP contribution in [-0.2, 0) is 0 Å². The molecule has 2 N–H and O–H groups in total. The third kappa shape index (κ3) is 5.06. The number of nitrogens with zero attached hydrogens (tertiary/aromatic N) is 2. The number of amides is 1. The first-order valence-electron chi connectivity index (χ1n) is 10.4. The van der Waals surface area contributed by atoms with Crippen molar-refractivity contribution in [3.8, 4) is 0 Å². The first kappa shape index (κ1) is 21.7. The van der Waals surface area contributed by atoms with Crippen LogP contribution < -0.4 is 15.5 Å². The molecule has 0 spiro atoms. The second-order valence-electron chi connectivity index (χ2n) is 7.52. The van der Waals surface area contributed by atoms with Crippen molar-refractivity contribution in [1.29, 1.82) is 0 Å².